The van der Waals surface area contributed by atoms with E-state index in [0.717, 1.165) is 5.92 Å². The highest BCUT2D eigenvalue weighted by Gasteiger charge is 2.22. The smallest absolute Gasteiger partial charge is 0.307 e. The van der Waals surface area contributed by atoms with Crippen LogP contribution in [0.15, 0.2) is 0 Å². The van der Waals surface area contributed by atoms with Gasteiger partial charge >= 0.3 is 5.97 Å². The summed E-state index contributed by atoms with van der Waals surface area (Å²) in [6.07, 6.45) is 5.86. The molecule has 0 aromatic heterocycles. The Kier molecular flexibility index (Phi) is 5.09. The standard InChI is InChI=1S/C12H23NO2/c1-9(8-12(14)15-3)13-10(2)11-6-4-5-7-11/h9-11,13H,4-8H2,1-3H3/t9?,10-/m1/s1. The molecule has 0 amide bonds. The van der Waals surface area contributed by atoms with Crippen LogP contribution in [0.2, 0.25) is 0 Å². The van der Waals surface area contributed by atoms with Gasteiger partial charge in [0.1, 0.15) is 0 Å². The molecule has 0 spiro atoms. The molecule has 1 N–H and O–H groups in total. The van der Waals surface area contributed by atoms with E-state index in [1.807, 2.05) is 6.92 Å². The molecule has 0 aliphatic heterocycles. The number of hydrogen-bond donors (Lipinski definition) is 1. The van der Waals surface area contributed by atoms with Crippen molar-refractivity contribution in [3.05, 3.63) is 0 Å². The minimum Gasteiger partial charge on any atom is -0.469 e. The molecular formula is C12H23NO2. The maximum Gasteiger partial charge on any atom is 0.307 e. The molecule has 3 nitrogen and oxygen atoms in total. The van der Waals surface area contributed by atoms with E-state index in [-0.39, 0.29) is 12.0 Å². The van der Waals surface area contributed by atoms with Crippen molar-refractivity contribution in [1.82, 2.24) is 5.32 Å². The molecule has 15 heavy (non-hydrogen) atoms. The monoisotopic (exact) mass is 213 g/mol. The molecule has 0 bridgehead atoms. The fourth-order valence-corrected chi connectivity index (χ4v) is 2.43. The van der Waals surface area contributed by atoms with Gasteiger partial charge in [0.15, 0.2) is 0 Å². The first-order valence-electron chi connectivity index (χ1n) is 5.96. The molecule has 2 atom stereocenters. The van der Waals surface area contributed by atoms with Gasteiger partial charge in [0, 0.05) is 12.1 Å². The summed E-state index contributed by atoms with van der Waals surface area (Å²) in [6, 6.07) is 0.736. The third-order valence-corrected chi connectivity index (χ3v) is 3.35. The molecule has 0 saturated heterocycles. The molecule has 1 aliphatic rings. The topological polar surface area (TPSA) is 38.3 Å². The fourth-order valence-electron chi connectivity index (χ4n) is 2.43. The quantitative estimate of drug-likeness (QED) is 0.711. The van der Waals surface area contributed by atoms with Crippen LogP contribution in [0.25, 0.3) is 0 Å². The number of ether oxygens (including phenoxy) is 1. The highest BCUT2D eigenvalue weighted by Crippen LogP contribution is 2.27. The second-order valence-electron chi connectivity index (χ2n) is 4.68. The SMILES string of the molecule is COC(=O)CC(C)N[C@H](C)C1CCCC1. The fraction of sp³-hybridized carbons (Fsp3) is 0.917. The lowest BCUT2D eigenvalue weighted by molar-refractivity contribution is -0.141. The first-order chi connectivity index (χ1) is 7.13. The highest BCUT2D eigenvalue weighted by molar-refractivity contribution is 5.69. The van der Waals surface area contributed by atoms with Gasteiger partial charge in [-0.05, 0) is 32.6 Å². The van der Waals surface area contributed by atoms with Gasteiger partial charge < -0.3 is 10.1 Å². The number of carbonyl (C=O) groups is 1. The average molecular weight is 213 g/mol. The lowest BCUT2D eigenvalue weighted by atomic mass is 9.99. The molecule has 3 heteroatoms. The molecule has 0 aromatic carbocycles. The number of esters is 1. The molecule has 1 aliphatic carbocycles. The second-order valence-corrected chi connectivity index (χ2v) is 4.68. The summed E-state index contributed by atoms with van der Waals surface area (Å²) in [6.45, 7) is 4.27. The molecule has 0 radical (unpaired) electrons. The largest absolute Gasteiger partial charge is 0.469 e. The van der Waals surface area contributed by atoms with Crippen LogP contribution in [-0.4, -0.2) is 25.2 Å². The van der Waals surface area contributed by atoms with Gasteiger partial charge in [-0.3, -0.25) is 4.79 Å². The Labute approximate surface area is 92.6 Å². The minimum atomic E-state index is -0.131. The van der Waals surface area contributed by atoms with Crippen molar-refractivity contribution in [2.24, 2.45) is 5.92 Å². The van der Waals surface area contributed by atoms with Crippen molar-refractivity contribution in [3.8, 4) is 0 Å². The van der Waals surface area contributed by atoms with Crippen molar-refractivity contribution >= 4 is 5.97 Å². The number of nitrogens with one attached hydrogen (secondary N) is 1. The predicted octanol–water partition coefficient (Wildman–Crippen LogP) is 2.11. The Morgan fingerprint density at radius 2 is 2.00 bits per heavy atom. The van der Waals surface area contributed by atoms with E-state index in [9.17, 15) is 4.79 Å². The third-order valence-electron chi connectivity index (χ3n) is 3.35. The van der Waals surface area contributed by atoms with E-state index < -0.39 is 0 Å². The van der Waals surface area contributed by atoms with E-state index in [1.54, 1.807) is 0 Å². The number of methoxy groups -OCH3 is 1. The van der Waals surface area contributed by atoms with Crippen LogP contribution >= 0.6 is 0 Å². The van der Waals surface area contributed by atoms with Crippen LogP contribution in [0.1, 0.15) is 46.0 Å². The normalized spacial score (nSPS) is 21.3. The summed E-state index contributed by atoms with van der Waals surface area (Å²) in [5, 5.41) is 3.49. The average Bonchev–Trinajstić information content (AvgIpc) is 2.70. The van der Waals surface area contributed by atoms with Gasteiger partial charge in [0.25, 0.3) is 0 Å². The minimum absolute atomic E-state index is 0.131. The Morgan fingerprint density at radius 3 is 2.53 bits per heavy atom. The van der Waals surface area contributed by atoms with Crippen LogP contribution < -0.4 is 5.32 Å². The van der Waals surface area contributed by atoms with Crippen LogP contribution in [0.5, 0.6) is 0 Å². The Bertz CT molecular complexity index is 200. The summed E-state index contributed by atoms with van der Waals surface area (Å²) in [5.74, 6) is 0.665. The van der Waals surface area contributed by atoms with E-state index in [1.165, 1.54) is 32.8 Å². The summed E-state index contributed by atoms with van der Waals surface area (Å²) >= 11 is 0. The maximum atomic E-state index is 11.1. The molecule has 1 unspecified atom stereocenters. The summed E-state index contributed by atoms with van der Waals surface area (Å²) < 4.78 is 4.65. The van der Waals surface area contributed by atoms with Gasteiger partial charge in [0.2, 0.25) is 0 Å². The third kappa shape index (κ3) is 4.20. The van der Waals surface area contributed by atoms with Gasteiger partial charge in [-0.2, -0.15) is 0 Å². The van der Waals surface area contributed by atoms with Gasteiger partial charge in [-0.1, -0.05) is 12.8 Å². The molecule has 1 saturated carbocycles. The van der Waals surface area contributed by atoms with Crippen LogP contribution in [-0.2, 0) is 9.53 Å². The summed E-state index contributed by atoms with van der Waals surface area (Å²) in [5.41, 5.74) is 0. The van der Waals surface area contributed by atoms with E-state index in [4.69, 9.17) is 0 Å². The molecule has 0 heterocycles. The molecular weight excluding hydrogens is 190 g/mol. The zero-order chi connectivity index (χ0) is 11.3. The van der Waals surface area contributed by atoms with E-state index >= 15 is 0 Å². The zero-order valence-electron chi connectivity index (χ0n) is 10.1. The highest BCUT2D eigenvalue weighted by atomic mass is 16.5. The van der Waals surface area contributed by atoms with Gasteiger partial charge in [-0.15, -0.1) is 0 Å². The zero-order valence-corrected chi connectivity index (χ0v) is 10.1. The van der Waals surface area contributed by atoms with Crippen LogP contribution in [0.4, 0.5) is 0 Å². The Balaban J connectivity index is 2.23. The van der Waals surface area contributed by atoms with Crippen LogP contribution in [0.3, 0.4) is 0 Å². The lowest BCUT2D eigenvalue weighted by Gasteiger charge is -2.24. The summed E-state index contributed by atoms with van der Waals surface area (Å²) in [4.78, 5) is 11.1. The Morgan fingerprint density at radius 1 is 1.40 bits per heavy atom. The number of carbonyl (C=O) groups excluding carboxylic acids is 1. The molecule has 0 aromatic rings. The maximum absolute atomic E-state index is 11.1. The Hall–Kier alpha value is -0.570. The van der Waals surface area contributed by atoms with E-state index in [2.05, 4.69) is 17.0 Å². The van der Waals surface area contributed by atoms with E-state index in [0.29, 0.717) is 12.5 Å². The predicted molar refractivity (Wildman–Crippen MR) is 60.7 cm³/mol. The van der Waals surface area contributed by atoms with Gasteiger partial charge in [0.05, 0.1) is 13.5 Å². The molecule has 1 fully saturated rings. The van der Waals surface area contributed by atoms with Crippen molar-refractivity contribution in [2.75, 3.05) is 7.11 Å². The van der Waals surface area contributed by atoms with Crippen molar-refractivity contribution in [3.63, 3.8) is 0 Å². The lowest BCUT2D eigenvalue weighted by Crippen LogP contribution is -2.39. The number of rotatable bonds is 5. The first kappa shape index (κ1) is 12.5. The second kappa shape index (κ2) is 6.11. The van der Waals surface area contributed by atoms with Crippen molar-refractivity contribution in [2.45, 2.75) is 58.0 Å². The number of hydrogen-bond acceptors (Lipinski definition) is 3. The van der Waals surface area contributed by atoms with Crippen LogP contribution in [0, 0.1) is 5.92 Å². The first-order valence-corrected chi connectivity index (χ1v) is 5.96. The van der Waals surface area contributed by atoms with Crippen molar-refractivity contribution in [1.29, 1.82) is 0 Å². The van der Waals surface area contributed by atoms with Gasteiger partial charge in [-0.25, -0.2) is 0 Å². The molecule has 88 valence electrons. The van der Waals surface area contributed by atoms with Crippen molar-refractivity contribution < 1.29 is 9.53 Å². The molecule has 1 rings (SSSR count). The summed E-state index contributed by atoms with van der Waals surface area (Å²) in [7, 11) is 1.44.